The van der Waals surface area contributed by atoms with Crippen LogP contribution in [0.4, 0.5) is 0 Å². The van der Waals surface area contributed by atoms with Crippen LogP contribution >= 0.6 is 11.8 Å². The van der Waals surface area contributed by atoms with Gasteiger partial charge in [0.25, 0.3) is 0 Å². The second kappa shape index (κ2) is 6.61. The zero-order chi connectivity index (χ0) is 16.5. The van der Waals surface area contributed by atoms with E-state index < -0.39 is 0 Å². The van der Waals surface area contributed by atoms with Gasteiger partial charge in [-0.2, -0.15) is 0 Å². The summed E-state index contributed by atoms with van der Waals surface area (Å²) in [5.74, 6) is 0.663. The molecule has 0 unspecified atom stereocenters. The van der Waals surface area contributed by atoms with E-state index in [4.69, 9.17) is 4.98 Å². The predicted molar refractivity (Wildman–Crippen MR) is 102 cm³/mol. The lowest BCUT2D eigenvalue weighted by Crippen LogP contribution is -2.26. The van der Waals surface area contributed by atoms with Gasteiger partial charge < -0.3 is 9.72 Å². The highest BCUT2D eigenvalue weighted by Crippen LogP contribution is 2.29. The quantitative estimate of drug-likeness (QED) is 0.714. The maximum absolute atomic E-state index is 4.90. The van der Waals surface area contributed by atoms with Crippen LogP contribution in [-0.4, -0.2) is 28.7 Å². The molecule has 0 bridgehead atoms. The topological polar surface area (TPSA) is 29.3 Å². The van der Waals surface area contributed by atoms with Gasteiger partial charge in [-0.3, -0.25) is 0 Å². The number of rotatable bonds is 3. The fraction of sp³-hybridized carbons (Fsp3) is 0.350. The van der Waals surface area contributed by atoms with Crippen molar-refractivity contribution in [1.29, 1.82) is 0 Å². The van der Waals surface area contributed by atoms with Crippen LogP contribution in [0.25, 0.3) is 16.9 Å². The first kappa shape index (κ1) is 15.7. The molecule has 0 saturated carbocycles. The van der Waals surface area contributed by atoms with Gasteiger partial charge in [0, 0.05) is 22.3 Å². The molecule has 1 aromatic carbocycles. The SMILES string of the molecule is CSc1ccc(-c2cn3c(C)cc(C4CCNCC4)cc3n2)cc1. The number of piperidine rings is 1. The number of benzene rings is 1. The second-order valence-electron chi connectivity index (χ2n) is 6.54. The Balaban J connectivity index is 1.72. The minimum atomic E-state index is 0.663. The lowest BCUT2D eigenvalue weighted by Gasteiger charge is -2.23. The summed E-state index contributed by atoms with van der Waals surface area (Å²) in [7, 11) is 0. The van der Waals surface area contributed by atoms with Crippen molar-refractivity contribution < 1.29 is 0 Å². The van der Waals surface area contributed by atoms with Crippen molar-refractivity contribution in [2.45, 2.75) is 30.6 Å². The lowest BCUT2D eigenvalue weighted by molar-refractivity contribution is 0.460. The van der Waals surface area contributed by atoms with Crippen molar-refractivity contribution in [1.82, 2.24) is 14.7 Å². The summed E-state index contributed by atoms with van der Waals surface area (Å²) in [6.45, 7) is 4.42. The summed E-state index contributed by atoms with van der Waals surface area (Å²) in [5.41, 5.74) is 6.00. The third-order valence-electron chi connectivity index (χ3n) is 4.98. The van der Waals surface area contributed by atoms with Crippen molar-refractivity contribution in [3.8, 4) is 11.3 Å². The molecule has 2 aromatic heterocycles. The molecule has 0 amide bonds. The molecule has 0 radical (unpaired) electrons. The fourth-order valence-electron chi connectivity index (χ4n) is 3.57. The number of nitrogens with one attached hydrogen (secondary N) is 1. The van der Waals surface area contributed by atoms with E-state index in [0.717, 1.165) is 24.4 Å². The van der Waals surface area contributed by atoms with Crippen LogP contribution in [0.5, 0.6) is 0 Å². The third kappa shape index (κ3) is 2.96. The van der Waals surface area contributed by atoms with Gasteiger partial charge in [0.15, 0.2) is 0 Å². The minimum Gasteiger partial charge on any atom is -0.317 e. The second-order valence-corrected chi connectivity index (χ2v) is 7.42. The Hall–Kier alpha value is -1.78. The third-order valence-corrected chi connectivity index (χ3v) is 5.72. The number of hydrogen-bond donors (Lipinski definition) is 1. The fourth-order valence-corrected chi connectivity index (χ4v) is 3.98. The molecule has 1 N–H and O–H groups in total. The molecular formula is C20H23N3S. The van der Waals surface area contributed by atoms with Crippen molar-refractivity contribution >= 4 is 17.4 Å². The summed E-state index contributed by atoms with van der Waals surface area (Å²) in [4.78, 5) is 6.18. The van der Waals surface area contributed by atoms with E-state index in [0.29, 0.717) is 5.92 Å². The van der Waals surface area contributed by atoms with Crippen LogP contribution < -0.4 is 5.32 Å². The van der Waals surface area contributed by atoms with Crippen molar-refractivity contribution in [3.05, 3.63) is 53.9 Å². The van der Waals surface area contributed by atoms with Crippen molar-refractivity contribution in [2.24, 2.45) is 0 Å². The molecule has 1 aliphatic heterocycles. The predicted octanol–water partition coefficient (Wildman–Crippen LogP) is 4.50. The molecule has 124 valence electrons. The average molecular weight is 337 g/mol. The first-order valence-electron chi connectivity index (χ1n) is 8.59. The number of nitrogens with zero attached hydrogens (tertiary/aromatic N) is 2. The molecule has 4 rings (SSSR count). The normalized spacial score (nSPS) is 15.9. The highest BCUT2D eigenvalue weighted by atomic mass is 32.2. The van der Waals surface area contributed by atoms with Crippen molar-refractivity contribution in [2.75, 3.05) is 19.3 Å². The number of imidazole rings is 1. The summed E-state index contributed by atoms with van der Waals surface area (Å²) in [5, 5.41) is 3.45. The van der Waals surface area contributed by atoms with Crippen LogP contribution in [0.15, 0.2) is 47.5 Å². The Morgan fingerprint density at radius 1 is 1.12 bits per heavy atom. The zero-order valence-electron chi connectivity index (χ0n) is 14.2. The van der Waals surface area contributed by atoms with E-state index in [1.807, 2.05) is 0 Å². The van der Waals surface area contributed by atoms with Gasteiger partial charge in [-0.05, 0) is 74.9 Å². The number of aryl methyl sites for hydroxylation is 1. The summed E-state index contributed by atoms with van der Waals surface area (Å²) in [6.07, 6.45) is 6.70. The van der Waals surface area contributed by atoms with E-state index in [2.05, 4.69) is 65.5 Å². The number of pyridine rings is 1. The van der Waals surface area contributed by atoms with Crippen LogP contribution in [0, 0.1) is 6.92 Å². The van der Waals surface area contributed by atoms with Gasteiger partial charge in [-0.25, -0.2) is 4.98 Å². The van der Waals surface area contributed by atoms with Gasteiger partial charge in [0.2, 0.25) is 0 Å². The molecule has 4 heteroatoms. The van der Waals surface area contributed by atoms with Gasteiger partial charge >= 0.3 is 0 Å². The maximum Gasteiger partial charge on any atom is 0.137 e. The number of aromatic nitrogens is 2. The standard InChI is InChI=1S/C20H23N3S/c1-14-11-17(15-7-9-21-10-8-15)12-20-22-19(13-23(14)20)16-3-5-18(24-2)6-4-16/h3-6,11-13,15,21H,7-10H2,1-2H3. The van der Waals surface area contributed by atoms with Gasteiger partial charge in [-0.1, -0.05) is 12.1 Å². The van der Waals surface area contributed by atoms with Gasteiger partial charge in [0.05, 0.1) is 5.69 Å². The monoisotopic (exact) mass is 337 g/mol. The molecule has 3 heterocycles. The van der Waals surface area contributed by atoms with E-state index in [1.54, 1.807) is 11.8 Å². The Kier molecular flexibility index (Phi) is 4.33. The highest BCUT2D eigenvalue weighted by Gasteiger charge is 2.17. The first-order chi connectivity index (χ1) is 11.7. The Bertz CT molecular complexity index is 845. The van der Waals surface area contributed by atoms with Crippen LogP contribution in [0.3, 0.4) is 0 Å². The molecule has 1 fully saturated rings. The molecule has 24 heavy (non-hydrogen) atoms. The van der Waals surface area contributed by atoms with Crippen LogP contribution in [-0.2, 0) is 0 Å². The summed E-state index contributed by atoms with van der Waals surface area (Å²) >= 11 is 1.77. The van der Waals surface area contributed by atoms with Crippen LogP contribution in [0.2, 0.25) is 0 Å². The van der Waals surface area contributed by atoms with Crippen LogP contribution in [0.1, 0.15) is 30.0 Å². The Labute approximate surface area is 147 Å². The lowest BCUT2D eigenvalue weighted by atomic mass is 9.90. The van der Waals surface area contributed by atoms with Gasteiger partial charge in [0.1, 0.15) is 5.65 Å². The van der Waals surface area contributed by atoms with E-state index in [1.165, 1.54) is 34.6 Å². The van der Waals surface area contributed by atoms with E-state index >= 15 is 0 Å². The highest BCUT2D eigenvalue weighted by molar-refractivity contribution is 7.98. The van der Waals surface area contributed by atoms with E-state index in [9.17, 15) is 0 Å². The largest absolute Gasteiger partial charge is 0.317 e. The molecular weight excluding hydrogens is 314 g/mol. The number of hydrogen-bond acceptors (Lipinski definition) is 3. The number of thioether (sulfide) groups is 1. The van der Waals surface area contributed by atoms with E-state index in [-0.39, 0.29) is 0 Å². The first-order valence-corrected chi connectivity index (χ1v) is 9.82. The smallest absolute Gasteiger partial charge is 0.137 e. The molecule has 3 nitrogen and oxygen atoms in total. The molecule has 0 aliphatic carbocycles. The minimum absolute atomic E-state index is 0.663. The summed E-state index contributed by atoms with van der Waals surface area (Å²) in [6, 6.07) is 13.3. The molecule has 1 saturated heterocycles. The Morgan fingerprint density at radius 2 is 1.88 bits per heavy atom. The molecule has 3 aromatic rings. The Morgan fingerprint density at radius 3 is 2.58 bits per heavy atom. The zero-order valence-corrected chi connectivity index (χ0v) is 15.1. The number of fused-ring (bicyclic) bond motifs is 1. The molecule has 0 spiro atoms. The average Bonchev–Trinajstić information content (AvgIpc) is 3.07. The van der Waals surface area contributed by atoms with Crippen molar-refractivity contribution in [3.63, 3.8) is 0 Å². The summed E-state index contributed by atoms with van der Waals surface area (Å²) < 4.78 is 2.21. The molecule has 1 aliphatic rings. The molecule has 0 atom stereocenters. The maximum atomic E-state index is 4.90. The van der Waals surface area contributed by atoms with Gasteiger partial charge in [-0.15, -0.1) is 11.8 Å².